The van der Waals surface area contributed by atoms with E-state index in [1.54, 1.807) is 19.3 Å². The number of hydrogen-bond donors (Lipinski definition) is 0. The van der Waals surface area contributed by atoms with Gasteiger partial charge in [-0.2, -0.15) is 0 Å². The van der Waals surface area contributed by atoms with E-state index < -0.39 is 5.97 Å². The van der Waals surface area contributed by atoms with Gasteiger partial charge in [-0.3, -0.25) is 0 Å². The molecule has 1 aliphatic rings. The number of benzene rings is 2. The Labute approximate surface area is 147 Å². The second-order valence-electron chi connectivity index (χ2n) is 5.76. The van der Waals surface area contributed by atoms with Crippen molar-refractivity contribution in [3.63, 3.8) is 0 Å². The number of aliphatic imine (C=N–C) groups is 1. The van der Waals surface area contributed by atoms with Crippen molar-refractivity contribution in [2.45, 2.75) is 13.8 Å². The molecule has 0 saturated carbocycles. The molecule has 2 aromatic carbocycles. The smallest absolute Gasteiger partial charge is 0.363 e. The summed E-state index contributed by atoms with van der Waals surface area (Å²) in [6, 6.07) is 13.5. The standard InChI is InChI=1S/C21H19NO3/c1-14-11-12-17(13-15(14)2)20-22-18(21(23)25-20)9-6-8-16-7-4-5-10-19(16)24-3/h4-13H,1-3H3/b8-6+,18-9-. The fraction of sp³-hybridized carbons (Fsp3) is 0.143. The Morgan fingerprint density at radius 1 is 1.08 bits per heavy atom. The lowest BCUT2D eigenvalue weighted by Gasteiger charge is -2.03. The molecule has 0 bridgehead atoms. The van der Waals surface area contributed by atoms with Crippen molar-refractivity contribution in [3.05, 3.63) is 82.6 Å². The van der Waals surface area contributed by atoms with Gasteiger partial charge in [-0.1, -0.05) is 36.4 Å². The molecule has 1 aliphatic heterocycles. The summed E-state index contributed by atoms with van der Waals surface area (Å²) >= 11 is 0. The number of rotatable bonds is 4. The number of esters is 1. The number of para-hydroxylation sites is 1. The maximum absolute atomic E-state index is 12.0. The van der Waals surface area contributed by atoms with Gasteiger partial charge in [-0.15, -0.1) is 0 Å². The van der Waals surface area contributed by atoms with E-state index in [4.69, 9.17) is 9.47 Å². The van der Waals surface area contributed by atoms with Crippen LogP contribution < -0.4 is 4.74 Å². The average Bonchev–Trinajstić information content (AvgIpc) is 2.98. The molecule has 4 nitrogen and oxygen atoms in total. The first-order chi connectivity index (χ1) is 12.1. The largest absolute Gasteiger partial charge is 0.496 e. The van der Waals surface area contributed by atoms with E-state index in [2.05, 4.69) is 4.99 Å². The summed E-state index contributed by atoms with van der Waals surface area (Å²) in [7, 11) is 1.62. The van der Waals surface area contributed by atoms with Gasteiger partial charge in [0.1, 0.15) is 5.75 Å². The lowest BCUT2D eigenvalue weighted by molar-refractivity contribution is -0.130. The summed E-state index contributed by atoms with van der Waals surface area (Å²) in [5, 5.41) is 0. The van der Waals surface area contributed by atoms with Crippen molar-refractivity contribution in [1.29, 1.82) is 0 Å². The highest BCUT2D eigenvalue weighted by atomic mass is 16.6. The van der Waals surface area contributed by atoms with E-state index in [1.165, 1.54) is 5.56 Å². The Hall–Kier alpha value is -3.14. The Kier molecular flexibility index (Phi) is 4.80. The van der Waals surface area contributed by atoms with E-state index >= 15 is 0 Å². The highest BCUT2D eigenvalue weighted by Gasteiger charge is 2.23. The summed E-state index contributed by atoms with van der Waals surface area (Å²) in [5.74, 6) is 0.661. The van der Waals surface area contributed by atoms with Gasteiger partial charge in [-0.25, -0.2) is 9.79 Å². The minimum atomic E-state index is -0.446. The first kappa shape index (κ1) is 16.7. The fourth-order valence-corrected chi connectivity index (χ4v) is 2.47. The summed E-state index contributed by atoms with van der Waals surface area (Å²) in [4.78, 5) is 16.3. The van der Waals surface area contributed by atoms with Crippen molar-refractivity contribution >= 4 is 17.9 Å². The quantitative estimate of drug-likeness (QED) is 0.622. The molecule has 0 radical (unpaired) electrons. The summed E-state index contributed by atoms with van der Waals surface area (Å²) < 4.78 is 10.6. The number of aryl methyl sites for hydroxylation is 2. The van der Waals surface area contributed by atoms with Crippen molar-refractivity contribution in [3.8, 4) is 5.75 Å². The number of ether oxygens (including phenoxy) is 2. The van der Waals surface area contributed by atoms with E-state index in [1.807, 2.05) is 62.4 Å². The summed E-state index contributed by atoms with van der Waals surface area (Å²) in [5.41, 5.74) is 4.31. The van der Waals surface area contributed by atoms with Crippen molar-refractivity contribution < 1.29 is 14.3 Å². The van der Waals surface area contributed by atoms with Crippen LogP contribution in [-0.4, -0.2) is 19.0 Å². The maximum atomic E-state index is 12.0. The molecule has 0 unspecified atom stereocenters. The van der Waals surface area contributed by atoms with Gasteiger partial charge in [0, 0.05) is 11.1 Å². The summed E-state index contributed by atoms with van der Waals surface area (Å²) in [6.07, 6.45) is 5.27. The fourth-order valence-electron chi connectivity index (χ4n) is 2.47. The van der Waals surface area contributed by atoms with Gasteiger partial charge in [0.05, 0.1) is 7.11 Å². The highest BCUT2D eigenvalue weighted by Crippen LogP contribution is 2.21. The van der Waals surface area contributed by atoms with E-state index in [0.717, 1.165) is 22.4 Å². The van der Waals surface area contributed by atoms with E-state index in [0.29, 0.717) is 5.90 Å². The number of allylic oxidation sites excluding steroid dienone is 2. The monoisotopic (exact) mass is 333 g/mol. The Balaban J connectivity index is 1.83. The number of nitrogens with zero attached hydrogens (tertiary/aromatic N) is 1. The maximum Gasteiger partial charge on any atom is 0.363 e. The predicted octanol–water partition coefficient (Wildman–Crippen LogP) is 4.21. The molecule has 126 valence electrons. The van der Waals surface area contributed by atoms with E-state index in [-0.39, 0.29) is 5.70 Å². The van der Waals surface area contributed by atoms with Gasteiger partial charge in [0.2, 0.25) is 5.90 Å². The second kappa shape index (κ2) is 7.18. The minimum Gasteiger partial charge on any atom is -0.496 e. The zero-order chi connectivity index (χ0) is 17.8. The number of carbonyl (C=O) groups is 1. The van der Waals surface area contributed by atoms with Crippen LogP contribution >= 0.6 is 0 Å². The van der Waals surface area contributed by atoms with Gasteiger partial charge in [0.15, 0.2) is 5.70 Å². The van der Waals surface area contributed by atoms with Crippen LogP contribution in [0.25, 0.3) is 6.08 Å². The predicted molar refractivity (Wildman–Crippen MR) is 98.7 cm³/mol. The molecule has 0 spiro atoms. The molecule has 4 heteroatoms. The Morgan fingerprint density at radius 2 is 1.88 bits per heavy atom. The number of hydrogen-bond acceptors (Lipinski definition) is 4. The van der Waals surface area contributed by atoms with Gasteiger partial charge in [0.25, 0.3) is 0 Å². The molecule has 3 rings (SSSR count). The second-order valence-corrected chi connectivity index (χ2v) is 5.76. The third-order valence-electron chi connectivity index (χ3n) is 4.04. The van der Waals surface area contributed by atoms with Crippen LogP contribution in [0.3, 0.4) is 0 Å². The SMILES string of the molecule is COc1ccccc1/C=C/C=C1\N=C(c2ccc(C)c(C)c2)OC1=O. The molecular formula is C21H19NO3. The summed E-state index contributed by atoms with van der Waals surface area (Å²) in [6.45, 7) is 4.05. The molecular weight excluding hydrogens is 314 g/mol. The molecule has 0 atom stereocenters. The van der Waals surface area contributed by atoms with Crippen molar-refractivity contribution in [1.82, 2.24) is 0 Å². The number of cyclic esters (lactones) is 1. The van der Waals surface area contributed by atoms with Gasteiger partial charge in [-0.05, 0) is 49.2 Å². The van der Waals surface area contributed by atoms with Crippen LogP contribution in [0.4, 0.5) is 0 Å². The molecule has 0 amide bonds. The molecule has 0 aliphatic carbocycles. The van der Waals surface area contributed by atoms with Crippen LogP contribution in [0.2, 0.25) is 0 Å². The van der Waals surface area contributed by atoms with Gasteiger partial charge < -0.3 is 9.47 Å². The zero-order valence-electron chi connectivity index (χ0n) is 14.4. The number of methoxy groups -OCH3 is 1. The normalized spacial score (nSPS) is 15.6. The van der Waals surface area contributed by atoms with Crippen LogP contribution in [0, 0.1) is 13.8 Å². The van der Waals surface area contributed by atoms with Crippen LogP contribution in [0.5, 0.6) is 5.75 Å². The Morgan fingerprint density at radius 3 is 2.64 bits per heavy atom. The first-order valence-corrected chi connectivity index (χ1v) is 7.98. The van der Waals surface area contributed by atoms with Gasteiger partial charge >= 0.3 is 5.97 Å². The highest BCUT2D eigenvalue weighted by molar-refractivity contribution is 6.11. The molecule has 0 aromatic heterocycles. The Bertz CT molecular complexity index is 907. The molecule has 0 saturated heterocycles. The lowest BCUT2D eigenvalue weighted by atomic mass is 10.1. The molecule has 1 heterocycles. The third kappa shape index (κ3) is 3.69. The van der Waals surface area contributed by atoms with Crippen LogP contribution in [0.15, 0.2) is 65.3 Å². The zero-order valence-corrected chi connectivity index (χ0v) is 14.4. The van der Waals surface area contributed by atoms with Crippen LogP contribution in [0.1, 0.15) is 22.3 Å². The number of carbonyl (C=O) groups excluding carboxylic acids is 1. The minimum absolute atomic E-state index is 0.277. The first-order valence-electron chi connectivity index (χ1n) is 7.98. The topological polar surface area (TPSA) is 47.9 Å². The average molecular weight is 333 g/mol. The lowest BCUT2D eigenvalue weighted by Crippen LogP contribution is -2.05. The third-order valence-corrected chi connectivity index (χ3v) is 4.04. The molecule has 0 fully saturated rings. The molecule has 25 heavy (non-hydrogen) atoms. The van der Waals surface area contributed by atoms with Crippen molar-refractivity contribution in [2.24, 2.45) is 4.99 Å². The van der Waals surface area contributed by atoms with E-state index in [9.17, 15) is 4.79 Å². The molecule has 0 N–H and O–H groups in total. The van der Waals surface area contributed by atoms with Crippen molar-refractivity contribution in [2.75, 3.05) is 7.11 Å². The van der Waals surface area contributed by atoms with Crippen LogP contribution in [-0.2, 0) is 9.53 Å². The molecule has 2 aromatic rings.